The zero-order chi connectivity index (χ0) is 24.0. The molecular formula is C25H29N7O2. The normalized spacial score (nSPS) is 16.4. The van der Waals surface area contributed by atoms with E-state index >= 15 is 0 Å². The number of carbonyl (C=O) groups excluding carboxylic acids is 1. The number of nitrogens with zero attached hydrogens (tertiary/aromatic N) is 6. The maximum absolute atomic E-state index is 12.8. The monoisotopic (exact) mass is 459 g/mol. The van der Waals surface area contributed by atoms with Crippen molar-refractivity contribution >= 4 is 22.8 Å². The van der Waals surface area contributed by atoms with Crippen molar-refractivity contribution in [2.24, 2.45) is 7.05 Å². The number of piperazine rings is 1. The van der Waals surface area contributed by atoms with Gasteiger partial charge in [-0.1, -0.05) is 6.07 Å². The molecule has 9 nitrogen and oxygen atoms in total. The molecule has 9 heteroatoms. The van der Waals surface area contributed by atoms with Gasteiger partial charge >= 0.3 is 0 Å². The molecule has 5 rings (SSSR count). The average molecular weight is 460 g/mol. The molecule has 0 bridgehead atoms. The molecule has 1 aromatic carbocycles. The number of aryl methyl sites for hydroxylation is 1. The van der Waals surface area contributed by atoms with E-state index in [9.17, 15) is 9.59 Å². The number of carbonyl (C=O) groups is 1. The number of benzene rings is 1. The van der Waals surface area contributed by atoms with Crippen LogP contribution in [0.1, 0.15) is 25.0 Å². The zero-order valence-corrected chi connectivity index (χ0v) is 19.9. The van der Waals surface area contributed by atoms with Gasteiger partial charge in [-0.3, -0.25) is 19.0 Å². The third-order valence-corrected chi connectivity index (χ3v) is 6.83. The van der Waals surface area contributed by atoms with Crippen molar-refractivity contribution in [2.45, 2.75) is 33.4 Å². The van der Waals surface area contributed by atoms with Gasteiger partial charge in [-0.25, -0.2) is 9.97 Å². The van der Waals surface area contributed by atoms with E-state index in [0.29, 0.717) is 37.5 Å². The lowest BCUT2D eigenvalue weighted by atomic mass is 10.1. The molecule has 0 spiro atoms. The van der Waals surface area contributed by atoms with Crippen molar-refractivity contribution < 1.29 is 4.79 Å². The molecule has 34 heavy (non-hydrogen) atoms. The summed E-state index contributed by atoms with van der Waals surface area (Å²) in [5, 5.41) is 0.689. The number of rotatable bonds is 4. The van der Waals surface area contributed by atoms with Gasteiger partial charge in [0.1, 0.15) is 0 Å². The molecule has 0 unspecified atom stereocenters. The van der Waals surface area contributed by atoms with Crippen molar-refractivity contribution in [1.29, 1.82) is 0 Å². The first kappa shape index (κ1) is 21.9. The summed E-state index contributed by atoms with van der Waals surface area (Å²) in [5.41, 5.74) is 5.02. The molecule has 1 fully saturated rings. The predicted octanol–water partition coefficient (Wildman–Crippen LogP) is 2.54. The molecule has 1 N–H and O–H groups in total. The minimum Gasteiger partial charge on any atom is -0.367 e. The summed E-state index contributed by atoms with van der Waals surface area (Å²) in [4.78, 5) is 40.9. The van der Waals surface area contributed by atoms with Crippen LogP contribution in [0.3, 0.4) is 0 Å². The predicted molar refractivity (Wildman–Crippen MR) is 132 cm³/mol. The number of aromatic nitrogens is 5. The Morgan fingerprint density at radius 1 is 1.15 bits per heavy atom. The summed E-state index contributed by atoms with van der Waals surface area (Å²) < 4.78 is 3.67. The molecule has 4 aromatic rings. The summed E-state index contributed by atoms with van der Waals surface area (Å²) in [6.45, 7) is 8.41. The summed E-state index contributed by atoms with van der Waals surface area (Å²) in [5.74, 6) is 0.768. The largest absolute Gasteiger partial charge is 0.367 e. The Morgan fingerprint density at radius 2 is 1.91 bits per heavy atom. The number of fused-ring (bicyclic) bond motifs is 1. The molecule has 176 valence electrons. The molecule has 1 saturated heterocycles. The van der Waals surface area contributed by atoms with Crippen LogP contribution in [0.25, 0.3) is 22.0 Å². The molecule has 0 radical (unpaired) electrons. The Morgan fingerprint density at radius 3 is 2.56 bits per heavy atom. The highest BCUT2D eigenvalue weighted by Crippen LogP contribution is 2.25. The van der Waals surface area contributed by atoms with Crippen molar-refractivity contribution in [3.63, 3.8) is 0 Å². The van der Waals surface area contributed by atoms with Crippen molar-refractivity contribution in [2.75, 3.05) is 24.5 Å². The van der Waals surface area contributed by atoms with Gasteiger partial charge in [0.25, 0.3) is 5.56 Å². The molecule has 4 heterocycles. The van der Waals surface area contributed by atoms with E-state index in [4.69, 9.17) is 0 Å². The van der Waals surface area contributed by atoms with Gasteiger partial charge in [0.2, 0.25) is 11.9 Å². The summed E-state index contributed by atoms with van der Waals surface area (Å²) in [6, 6.07) is 5.98. The molecule has 1 amide bonds. The van der Waals surface area contributed by atoms with E-state index in [2.05, 4.69) is 26.8 Å². The Balaban J connectivity index is 1.43. The lowest BCUT2D eigenvalue weighted by Crippen LogP contribution is -2.53. The maximum atomic E-state index is 12.8. The Hall–Kier alpha value is -3.88. The van der Waals surface area contributed by atoms with Gasteiger partial charge in [0.05, 0.1) is 17.4 Å². The molecule has 1 atom stereocenters. The van der Waals surface area contributed by atoms with E-state index in [1.54, 1.807) is 18.7 Å². The van der Waals surface area contributed by atoms with Crippen molar-refractivity contribution in [3.8, 4) is 11.1 Å². The maximum Gasteiger partial charge on any atom is 0.274 e. The van der Waals surface area contributed by atoms with Gasteiger partial charge < -0.3 is 14.8 Å². The Kier molecular flexibility index (Phi) is 5.47. The van der Waals surface area contributed by atoms with Crippen molar-refractivity contribution in [1.82, 2.24) is 29.2 Å². The highest BCUT2D eigenvalue weighted by atomic mass is 16.2. The van der Waals surface area contributed by atoms with Crippen LogP contribution < -0.4 is 10.5 Å². The number of nitrogens with one attached hydrogen (secondary N) is 1. The van der Waals surface area contributed by atoms with Crippen LogP contribution >= 0.6 is 0 Å². The highest BCUT2D eigenvalue weighted by Gasteiger charge is 2.26. The van der Waals surface area contributed by atoms with E-state index in [-0.39, 0.29) is 17.5 Å². The molecular weight excluding hydrogens is 430 g/mol. The van der Waals surface area contributed by atoms with Crippen LogP contribution in [0.4, 0.5) is 5.95 Å². The fourth-order valence-electron chi connectivity index (χ4n) is 4.79. The number of hydrogen-bond donors (Lipinski definition) is 1. The number of anilines is 1. The van der Waals surface area contributed by atoms with Crippen LogP contribution in [0, 0.1) is 6.92 Å². The zero-order valence-electron chi connectivity index (χ0n) is 19.9. The van der Waals surface area contributed by atoms with Gasteiger partial charge in [-0.15, -0.1) is 0 Å². The first-order chi connectivity index (χ1) is 16.3. The number of amides is 1. The second-order valence-corrected chi connectivity index (χ2v) is 9.06. The van der Waals surface area contributed by atoms with Crippen molar-refractivity contribution in [3.05, 3.63) is 64.5 Å². The molecule has 1 aliphatic rings. The summed E-state index contributed by atoms with van der Waals surface area (Å²) in [7, 11) is 1.80. The lowest BCUT2D eigenvalue weighted by molar-refractivity contribution is -0.131. The van der Waals surface area contributed by atoms with Gasteiger partial charge in [0.15, 0.2) is 0 Å². The minimum atomic E-state index is -0.0137. The van der Waals surface area contributed by atoms with Crippen LogP contribution in [0.2, 0.25) is 0 Å². The quantitative estimate of drug-likeness (QED) is 0.506. The van der Waals surface area contributed by atoms with Gasteiger partial charge in [-0.2, -0.15) is 0 Å². The van der Waals surface area contributed by atoms with Gasteiger partial charge in [-0.05, 0) is 42.7 Å². The number of aromatic amines is 1. The van der Waals surface area contributed by atoms with Crippen LogP contribution in [0.5, 0.6) is 0 Å². The molecule has 1 aliphatic heterocycles. The second kappa shape index (κ2) is 8.48. The number of H-pyrrole nitrogens is 1. The van der Waals surface area contributed by atoms with Crippen LogP contribution in [0.15, 0.2) is 47.8 Å². The summed E-state index contributed by atoms with van der Waals surface area (Å²) in [6.07, 6.45) is 7.59. The average Bonchev–Trinajstić information content (AvgIpc) is 3.34. The molecule has 0 aliphatic carbocycles. The smallest absolute Gasteiger partial charge is 0.274 e. The van der Waals surface area contributed by atoms with Crippen LogP contribution in [-0.4, -0.2) is 60.8 Å². The molecule has 0 saturated carbocycles. The van der Waals surface area contributed by atoms with Crippen LogP contribution in [-0.2, 0) is 18.4 Å². The third kappa shape index (κ3) is 3.76. The Labute approximate surface area is 197 Å². The topological polar surface area (TPSA) is 92.0 Å². The van der Waals surface area contributed by atoms with Gasteiger partial charge in [0, 0.05) is 70.0 Å². The third-order valence-electron chi connectivity index (χ3n) is 6.83. The van der Waals surface area contributed by atoms with E-state index in [1.165, 1.54) is 0 Å². The highest BCUT2D eigenvalue weighted by molar-refractivity contribution is 5.84. The SMILES string of the molecule is CC(=O)N1CCN(c2ncc(-c3ccc4c(=O)n(C)n(Cc5c[nH]cc5C)c4c3)cn2)C[C@H]1C. The minimum absolute atomic E-state index is 0.0137. The number of hydrogen-bond acceptors (Lipinski definition) is 5. The van der Waals surface area contributed by atoms with E-state index in [0.717, 1.165) is 27.8 Å². The first-order valence-corrected chi connectivity index (χ1v) is 11.5. The first-order valence-electron chi connectivity index (χ1n) is 11.5. The van der Waals surface area contributed by atoms with E-state index < -0.39 is 0 Å². The van der Waals surface area contributed by atoms with E-state index in [1.807, 2.05) is 59.5 Å². The fourth-order valence-corrected chi connectivity index (χ4v) is 4.79. The summed E-state index contributed by atoms with van der Waals surface area (Å²) >= 11 is 0. The molecule has 3 aromatic heterocycles. The lowest BCUT2D eigenvalue weighted by Gasteiger charge is -2.39. The Bertz CT molecular complexity index is 1410. The fraction of sp³-hybridized carbons (Fsp3) is 0.360. The standard InChI is InChI=1S/C25H29N7O2/c1-16-10-26-11-21(16)15-32-23-9-19(5-6-22(23)24(34)29(32)4)20-12-27-25(28-13-20)30-7-8-31(18(3)33)17(2)14-30/h5-6,9-13,17,26H,7-8,14-15H2,1-4H3/t17-/m1/s1. The second-order valence-electron chi connectivity index (χ2n) is 9.06.